The van der Waals surface area contributed by atoms with Gasteiger partial charge in [0.05, 0.1) is 5.56 Å². The summed E-state index contributed by atoms with van der Waals surface area (Å²) in [6, 6.07) is 14.2. The molecule has 2 fully saturated rings. The summed E-state index contributed by atoms with van der Waals surface area (Å²) in [4.78, 5) is 30.1. The molecule has 1 amide bonds. The van der Waals surface area contributed by atoms with E-state index < -0.39 is 11.6 Å². The Balaban J connectivity index is 1.30. The number of hydrogen-bond acceptors (Lipinski definition) is 5. The van der Waals surface area contributed by atoms with Gasteiger partial charge in [-0.25, -0.2) is 9.59 Å². The average Bonchev–Trinajstić information content (AvgIpc) is 2.71. The second kappa shape index (κ2) is 9.06. The number of benzene rings is 2. The number of carbonyl (C=O) groups is 2. The highest BCUT2D eigenvalue weighted by Crippen LogP contribution is 2.27. The number of carboxylic acids is 1. The molecule has 0 radical (unpaired) electrons. The van der Waals surface area contributed by atoms with E-state index in [1.54, 1.807) is 17.0 Å². The van der Waals surface area contributed by atoms with Crippen molar-refractivity contribution in [2.75, 3.05) is 44.2 Å². The van der Waals surface area contributed by atoms with Crippen LogP contribution in [-0.4, -0.2) is 77.9 Å². The van der Waals surface area contributed by atoms with E-state index in [1.807, 2.05) is 33.8 Å². The van der Waals surface area contributed by atoms with Crippen LogP contribution in [0.2, 0.25) is 0 Å². The Morgan fingerprint density at radius 1 is 0.939 bits per heavy atom. The van der Waals surface area contributed by atoms with Crippen LogP contribution < -0.4 is 4.90 Å². The van der Waals surface area contributed by atoms with Crippen LogP contribution in [0, 0.1) is 6.92 Å². The molecule has 0 aromatic heterocycles. The van der Waals surface area contributed by atoms with Crippen LogP contribution in [0.3, 0.4) is 0 Å². The van der Waals surface area contributed by atoms with Gasteiger partial charge in [-0.05, 0) is 68.7 Å². The van der Waals surface area contributed by atoms with Crippen molar-refractivity contribution in [3.63, 3.8) is 0 Å². The molecule has 0 aliphatic carbocycles. The monoisotopic (exact) mass is 451 g/mol. The van der Waals surface area contributed by atoms with E-state index in [4.69, 9.17) is 4.74 Å². The molecule has 176 valence electrons. The standard InChI is InChI=1S/C26H33N3O4/c1-18-13-20(15-21(14-18)24(30)31)19-5-7-22(8-6-19)27-9-11-28(12-10-27)23-16-29(17-23)25(32)33-26(2,3)4/h5-8,13-15,23H,9-12,16-17H2,1-4H3,(H,30,31). The van der Waals surface area contributed by atoms with E-state index in [-0.39, 0.29) is 6.09 Å². The average molecular weight is 452 g/mol. The maximum atomic E-state index is 12.2. The Hall–Kier alpha value is -3.06. The molecule has 0 bridgehead atoms. The molecule has 0 atom stereocenters. The molecule has 0 unspecified atom stereocenters. The van der Waals surface area contributed by atoms with Crippen molar-refractivity contribution in [2.45, 2.75) is 39.3 Å². The van der Waals surface area contributed by atoms with Crippen LogP contribution in [0.25, 0.3) is 11.1 Å². The predicted octanol–water partition coefficient (Wildman–Crippen LogP) is 4.10. The molecule has 2 heterocycles. The highest BCUT2D eigenvalue weighted by atomic mass is 16.6. The minimum absolute atomic E-state index is 0.221. The van der Waals surface area contributed by atoms with Gasteiger partial charge in [0.1, 0.15) is 5.60 Å². The summed E-state index contributed by atoms with van der Waals surface area (Å²) in [5.41, 5.74) is 3.90. The van der Waals surface area contributed by atoms with Gasteiger partial charge in [0.2, 0.25) is 0 Å². The van der Waals surface area contributed by atoms with Gasteiger partial charge in [-0.3, -0.25) is 4.90 Å². The second-order valence-corrected chi connectivity index (χ2v) is 10.0. The number of amides is 1. The van der Waals surface area contributed by atoms with Crippen LogP contribution in [0.5, 0.6) is 0 Å². The van der Waals surface area contributed by atoms with Gasteiger partial charge in [-0.1, -0.05) is 18.2 Å². The maximum absolute atomic E-state index is 12.2. The number of carbonyl (C=O) groups excluding carboxylic acids is 1. The number of aryl methyl sites for hydroxylation is 1. The van der Waals surface area contributed by atoms with E-state index >= 15 is 0 Å². The Kier molecular flexibility index (Phi) is 6.34. The molecule has 4 rings (SSSR count). The van der Waals surface area contributed by atoms with Crippen LogP contribution in [0.1, 0.15) is 36.7 Å². The van der Waals surface area contributed by atoms with E-state index in [0.717, 1.165) is 56.0 Å². The third-order valence-electron chi connectivity index (χ3n) is 6.23. The topological polar surface area (TPSA) is 73.3 Å². The Morgan fingerprint density at radius 2 is 1.58 bits per heavy atom. The number of rotatable bonds is 4. The zero-order valence-corrected chi connectivity index (χ0v) is 19.9. The number of ether oxygens (including phenoxy) is 1. The van der Waals surface area contributed by atoms with Crippen molar-refractivity contribution in [1.29, 1.82) is 0 Å². The summed E-state index contributed by atoms with van der Waals surface area (Å²) in [5.74, 6) is -0.907. The summed E-state index contributed by atoms with van der Waals surface area (Å²) in [5, 5.41) is 9.33. The first-order valence-electron chi connectivity index (χ1n) is 11.5. The van der Waals surface area contributed by atoms with Gasteiger partial charge in [0.15, 0.2) is 0 Å². The molecule has 2 aromatic rings. The van der Waals surface area contributed by atoms with Crippen molar-refractivity contribution >= 4 is 17.7 Å². The Labute approximate surface area is 195 Å². The molecule has 7 nitrogen and oxygen atoms in total. The lowest BCUT2D eigenvalue weighted by Crippen LogP contribution is -2.64. The maximum Gasteiger partial charge on any atom is 0.410 e. The van der Waals surface area contributed by atoms with Crippen LogP contribution in [-0.2, 0) is 4.74 Å². The fraction of sp³-hybridized carbons (Fsp3) is 0.462. The fourth-order valence-corrected chi connectivity index (χ4v) is 4.45. The van der Waals surface area contributed by atoms with Gasteiger partial charge in [-0.15, -0.1) is 0 Å². The number of hydrogen-bond donors (Lipinski definition) is 1. The summed E-state index contributed by atoms with van der Waals surface area (Å²) in [6.07, 6.45) is -0.221. The predicted molar refractivity (Wildman–Crippen MR) is 129 cm³/mol. The third-order valence-corrected chi connectivity index (χ3v) is 6.23. The second-order valence-electron chi connectivity index (χ2n) is 10.0. The first-order valence-corrected chi connectivity index (χ1v) is 11.5. The molecule has 0 spiro atoms. The number of anilines is 1. The summed E-state index contributed by atoms with van der Waals surface area (Å²) < 4.78 is 5.45. The molecule has 33 heavy (non-hydrogen) atoms. The normalized spacial score (nSPS) is 17.6. The lowest BCUT2D eigenvalue weighted by Gasteiger charge is -2.48. The van der Waals surface area contributed by atoms with Crippen molar-refractivity contribution in [3.8, 4) is 11.1 Å². The number of likely N-dealkylation sites (tertiary alicyclic amines) is 1. The van der Waals surface area contributed by atoms with Gasteiger partial charge in [-0.2, -0.15) is 0 Å². The summed E-state index contributed by atoms with van der Waals surface area (Å²) in [6.45, 7) is 12.9. The number of nitrogens with zero attached hydrogens (tertiary/aromatic N) is 3. The highest BCUT2D eigenvalue weighted by molar-refractivity contribution is 5.90. The SMILES string of the molecule is Cc1cc(C(=O)O)cc(-c2ccc(N3CCN(C4CN(C(=O)OC(C)(C)C)C4)CC3)cc2)c1. The van der Waals surface area contributed by atoms with Crippen LogP contribution >= 0.6 is 0 Å². The Morgan fingerprint density at radius 3 is 2.15 bits per heavy atom. The first kappa shape index (κ1) is 23.1. The zero-order chi connectivity index (χ0) is 23.8. The van der Waals surface area contributed by atoms with Crippen molar-refractivity contribution in [1.82, 2.24) is 9.80 Å². The molecule has 2 aromatic carbocycles. The highest BCUT2D eigenvalue weighted by Gasteiger charge is 2.38. The van der Waals surface area contributed by atoms with Gasteiger partial charge in [0.25, 0.3) is 0 Å². The van der Waals surface area contributed by atoms with E-state index in [2.05, 4.69) is 34.1 Å². The number of carboxylic acid groups (broad SMARTS) is 1. The van der Waals surface area contributed by atoms with E-state index in [0.29, 0.717) is 11.6 Å². The molecule has 2 saturated heterocycles. The minimum Gasteiger partial charge on any atom is -0.478 e. The number of piperazine rings is 1. The van der Waals surface area contributed by atoms with Crippen molar-refractivity contribution < 1.29 is 19.4 Å². The minimum atomic E-state index is -0.907. The molecular formula is C26H33N3O4. The number of aromatic carboxylic acids is 1. The lowest BCUT2D eigenvalue weighted by molar-refractivity contribution is -0.0162. The summed E-state index contributed by atoms with van der Waals surface area (Å²) >= 11 is 0. The molecular weight excluding hydrogens is 418 g/mol. The molecule has 2 aliphatic rings. The molecule has 1 N–H and O–H groups in total. The molecule has 0 saturated carbocycles. The Bertz CT molecular complexity index is 1010. The lowest BCUT2D eigenvalue weighted by atomic mass is 10.00. The van der Waals surface area contributed by atoms with E-state index in [1.165, 1.54) is 5.69 Å². The van der Waals surface area contributed by atoms with Crippen molar-refractivity contribution in [3.05, 3.63) is 53.6 Å². The summed E-state index contributed by atoms with van der Waals surface area (Å²) in [7, 11) is 0. The quantitative estimate of drug-likeness (QED) is 0.755. The van der Waals surface area contributed by atoms with Crippen molar-refractivity contribution in [2.24, 2.45) is 0 Å². The van der Waals surface area contributed by atoms with Crippen LogP contribution in [0.15, 0.2) is 42.5 Å². The van der Waals surface area contributed by atoms with Gasteiger partial charge < -0.3 is 19.6 Å². The molecule has 2 aliphatic heterocycles. The van der Waals surface area contributed by atoms with E-state index in [9.17, 15) is 14.7 Å². The van der Waals surface area contributed by atoms with Crippen LogP contribution in [0.4, 0.5) is 10.5 Å². The first-order chi connectivity index (χ1) is 15.6. The largest absolute Gasteiger partial charge is 0.478 e. The van der Waals surface area contributed by atoms with Gasteiger partial charge >= 0.3 is 12.1 Å². The smallest absolute Gasteiger partial charge is 0.410 e. The zero-order valence-electron chi connectivity index (χ0n) is 19.9. The third kappa shape index (κ3) is 5.47. The van der Waals surface area contributed by atoms with Gasteiger partial charge in [0, 0.05) is 51.0 Å². The molecule has 7 heteroatoms. The fourth-order valence-electron chi connectivity index (χ4n) is 4.45.